The SMILES string of the molecule is c1cc(-c2ccc3ccsc3c2)cs1. The van der Waals surface area contributed by atoms with Crippen molar-refractivity contribution < 1.29 is 0 Å². The minimum atomic E-state index is 1.32. The molecule has 0 aliphatic carbocycles. The van der Waals surface area contributed by atoms with Gasteiger partial charge < -0.3 is 0 Å². The summed E-state index contributed by atoms with van der Waals surface area (Å²) in [5.74, 6) is 0. The van der Waals surface area contributed by atoms with E-state index in [1.165, 1.54) is 21.2 Å². The lowest BCUT2D eigenvalue weighted by atomic mass is 10.1. The summed E-state index contributed by atoms with van der Waals surface area (Å²) in [6.07, 6.45) is 0. The molecule has 0 saturated heterocycles. The highest BCUT2D eigenvalue weighted by molar-refractivity contribution is 7.17. The lowest BCUT2D eigenvalue weighted by Gasteiger charge is -1.97. The minimum absolute atomic E-state index is 1.32. The predicted molar refractivity (Wildman–Crippen MR) is 65.1 cm³/mol. The van der Waals surface area contributed by atoms with Crippen molar-refractivity contribution in [3.63, 3.8) is 0 Å². The summed E-state index contributed by atoms with van der Waals surface area (Å²) in [7, 11) is 0. The summed E-state index contributed by atoms with van der Waals surface area (Å²) in [5, 5.41) is 7.79. The van der Waals surface area contributed by atoms with Gasteiger partial charge in [-0.1, -0.05) is 12.1 Å². The summed E-state index contributed by atoms with van der Waals surface area (Å²) in [6.45, 7) is 0. The summed E-state index contributed by atoms with van der Waals surface area (Å²) in [6, 6.07) is 11.0. The molecule has 0 radical (unpaired) electrons. The summed E-state index contributed by atoms with van der Waals surface area (Å²) < 4.78 is 1.37. The molecule has 0 aliphatic heterocycles. The summed E-state index contributed by atoms with van der Waals surface area (Å²) in [5.41, 5.74) is 2.64. The van der Waals surface area contributed by atoms with Gasteiger partial charge in [-0.05, 0) is 50.9 Å². The number of fused-ring (bicyclic) bond motifs is 1. The van der Waals surface area contributed by atoms with Crippen LogP contribution in [0.5, 0.6) is 0 Å². The Hall–Kier alpha value is -1.12. The monoisotopic (exact) mass is 216 g/mol. The molecule has 0 unspecified atom stereocenters. The Morgan fingerprint density at radius 3 is 2.71 bits per heavy atom. The molecule has 0 nitrogen and oxygen atoms in total. The van der Waals surface area contributed by atoms with E-state index in [9.17, 15) is 0 Å². The summed E-state index contributed by atoms with van der Waals surface area (Å²) >= 11 is 3.55. The van der Waals surface area contributed by atoms with Crippen LogP contribution in [-0.2, 0) is 0 Å². The quantitative estimate of drug-likeness (QED) is 0.556. The van der Waals surface area contributed by atoms with Crippen LogP contribution in [0.2, 0.25) is 0 Å². The van der Waals surface area contributed by atoms with E-state index in [0.29, 0.717) is 0 Å². The van der Waals surface area contributed by atoms with Crippen molar-refractivity contribution in [1.29, 1.82) is 0 Å². The van der Waals surface area contributed by atoms with Gasteiger partial charge in [0, 0.05) is 4.70 Å². The van der Waals surface area contributed by atoms with Gasteiger partial charge in [-0.25, -0.2) is 0 Å². The lowest BCUT2D eigenvalue weighted by Crippen LogP contribution is -1.71. The zero-order valence-electron chi connectivity index (χ0n) is 7.44. The maximum Gasteiger partial charge on any atom is 0.0348 e. The number of hydrogen-bond donors (Lipinski definition) is 0. The van der Waals surface area contributed by atoms with Gasteiger partial charge in [0.1, 0.15) is 0 Å². The Morgan fingerprint density at radius 2 is 1.86 bits per heavy atom. The molecule has 0 bridgehead atoms. The van der Waals surface area contributed by atoms with E-state index in [4.69, 9.17) is 0 Å². The van der Waals surface area contributed by atoms with Gasteiger partial charge in [-0.3, -0.25) is 0 Å². The number of benzene rings is 1. The van der Waals surface area contributed by atoms with Crippen LogP contribution in [-0.4, -0.2) is 0 Å². The number of thiophene rings is 2. The fourth-order valence-electron chi connectivity index (χ4n) is 1.56. The molecule has 0 saturated carbocycles. The molecule has 0 spiro atoms. The zero-order valence-corrected chi connectivity index (χ0v) is 9.07. The van der Waals surface area contributed by atoms with Crippen LogP contribution in [0.15, 0.2) is 46.5 Å². The third-order valence-electron chi connectivity index (χ3n) is 2.31. The molecular formula is C12H8S2. The first-order valence-electron chi connectivity index (χ1n) is 4.43. The minimum Gasteiger partial charge on any atom is -0.152 e. The molecule has 0 aliphatic rings. The molecule has 2 aromatic heterocycles. The predicted octanol–water partition coefficient (Wildman–Crippen LogP) is 4.63. The normalized spacial score (nSPS) is 10.9. The maximum atomic E-state index is 2.27. The molecule has 0 atom stereocenters. The Balaban J connectivity index is 2.23. The Kier molecular flexibility index (Phi) is 1.89. The van der Waals surface area contributed by atoms with E-state index < -0.39 is 0 Å². The number of hydrogen-bond acceptors (Lipinski definition) is 2. The van der Waals surface area contributed by atoms with Gasteiger partial charge >= 0.3 is 0 Å². The maximum absolute atomic E-state index is 2.27. The third kappa shape index (κ3) is 1.27. The molecule has 3 aromatic rings. The van der Waals surface area contributed by atoms with Crippen molar-refractivity contribution in [3.8, 4) is 11.1 Å². The molecule has 14 heavy (non-hydrogen) atoms. The topological polar surface area (TPSA) is 0 Å². The standard InChI is InChI=1S/C12H8S2/c1-2-10(11-3-5-13-8-11)7-12-9(1)4-6-14-12/h1-8H. The highest BCUT2D eigenvalue weighted by atomic mass is 32.1. The van der Waals surface area contributed by atoms with Gasteiger partial charge in [-0.15, -0.1) is 11.3 Å². The van der Waals surface area contributed by atoms with Crippen LogP contribution >= 0.6 is 22.7 Å². The smallest absolute Gasteiger partial charge is 0.0348 e. The average molecular weight is 216 g/mol. The van der Waals surface area contributed by atoms with Crippen LogP contribution in [0.3, 0.4) is 0 Å². The van der Waals surface area contributed by atoms with Gasteiger partial charge in [0.2, 0.25) is 0 Å². The van der Waals surface area contributed by atoms with E-state index in [1.807, 2.05) is 0 Å². The molecular weight excluding hydrogens is 208 g/mol. The van der Waals surface area contributed by atoms with Gasteiger partial charge in [0.25, 0.3) is 0 Å². The number of rotatable bonds is 1. The Morgan fingerprint density at radius 1 is 0.857 bits per heavy atom. The fourth-order valence-corrected chi connectivity index (χ4v) is 3.06. The first-order chi connectivity index (χ1) is 6.93. The van der Waals surface area contributed by atoms with Crippen LogP contribution in [0.25, 0.3) is 21.2 Å². The van der Waals surface area contributed by atoms with Crippen molar-refractivity contribution in [2.75, 3.05) is 0 Å². The first kappa shape index (κ1) is 8.21. The van der Waals surface area contributed by atoms with E-state index in [0.717, 1.165) is 0 Å². The Bertz CT molecular complexity index is 546. The molecule has 0 amide bonds. The van der Waals surface area contributed by atoms with Crippen LogP contribution in [0, 0.1) is 0 Å². The molecule has 0 fully saturated rings. The lowest BCUT2D eigenvalue weighted by molar-refractivity contribution is 1.77. The van der Waals surface area contributed by atoms with E-state index >= 15 is 0 Å². The second kappa shape index (κ2) is 3.23. The van der Waals surface area contributed by atoms with Crippen LogP contribution in [0.4, 0.5) is 0 Å². The first-order valence-corrected chi connectivity index (χ1v) is 6.25. The second-order valence-electron chi connectivity index (χ2n) is 3.19. The molecule has 1 aromatic carbocycles. The van der Waals surface area contributed by atoms with E-state index in [-0.39, 0.29) is 0 Å². The van der Waals surface area contributed by atoms with Crippen molar-refractivity contribution >= 4 is 32.8 Å². The van der Waals surface area contributed by atoms with Crippen molar-refractivity contribution in [2.45, 2.75) is 0 Å². The van der Waals surface area contributed by atoms with Gasteiger partial charge in [-0.2, -0.15) is 11.3 Å². The second-order valence-corrected chi connectivity index (χ2v) is 4.91. The fraction of sp³-hybridized carbons (Fsp3) is 0. The highest BCUT2D eigenvalue weighted by Crippen LogP contribution is 2.28. The third-order valence-corrected chi connectivity index (χ3v) is 3.87. The zero-order chi connectivity index (χ0) is 9.38. The van der Waals surface area contributed by atoms with E-state index in [2.05, 4.69) is 46.5 Å². The van der Waals surface area contributed by atoms with Gasteiger partial charge in [0.15, 0.2) is 0 Å². The largest absolute Gasteiger partial charge is 0.152 e. The summed E-state index contributed by atoms with van der Waals surface area (Å²) in [4.78, 5) is 0. The van der Waals surface area contributed by atoms with Crippen molar-refractivity contribution in [1.82, 2.24) is 0 Å². The molecule has 3 rings (SSSR count). The molecule has 2 heterocycles. The van der Waals surface area contributed by atoms with Crippen LogP contribution in [0.1, 0.15) is 0 Å². The Labute approximate surface area is 90.5 Å². The van der Waals surface area contributed by atoms with Crippen molar-refractivity contribution in [2.24, 2.45) is 0 Å². The molecule has 68 valence electrons. The highest BCUT2D eigenvalue weighted by Gasteiger charge is 2.00. The van der Waals surface area contributed by atoms with Crippen molar-refractivity contribution in [3.05, 3.63) is 46.5 Å². The average Bonchev–Trinajstić information content (AvgIpc) is 2.88. The molecule has 2 heteroatoms. The van der Waals surface area contributed by atoms with Crippen LogP contribution < -0.4 is 0 Å². The van der Waals surface area contributed by atoms with Gasteiger partial charge in [0.05, 0.1) is 0 Å². The van der Waals surface area contributed by atoms with E-state index in [1.54, 1.807) is 22.7 Å². The molecule has 0 N–H and O–H groups in total.